The lowest BCUT2D eigenvalue weighted by Crippen LogP contribution is -2.32. The lowest BCUT2D eigenvalue weighted by molar-refractivity contribution is 0.206. The number of furan rings is 1. The van der Waals surface area contributed by atoms with Crippen molar-refractivity contribution < 1.29 is 13.9 Å². The molecule has 0 radical (unpaired) electrons. The summed E-state index contributed by atoms with van der Waals surface area (Å²) in [5, 5.41) is 0.600. The molecule has 0 fully saturated rings. The Morgan fingerprint density at radius 3 is 2.39 bits per heavy atom. The van der Waals surface area contributed by atoms with Crippen molar-refractivity contribution in [1.29, 1.82) is 0 Å². The number of ether oxygens (including phenoxy) is 1. The highest BCUT2D eigenvalue weighted by atomic mass is 35.5. The van der Waals surface area contributed by atoms with Gasteiger partial charge in [0.1, 0.15) is 11.5 Å². The summed E-state index contributed by atoms with van der Waals surface area (Å²) in [4.78, 5) is 14.0. The van der Waals surface area contributed by atoms with Crippen molar-refractivity contribution in [3.8, 4) is 5.75 Å². The van der Waals surface area contributed by atoms with Crippen molar-refractivity contribution in [1.82, 2.24) is 0 Å². The Labute approximate surface area is 138 Å². The molecule has 4 nitrogen and oxygen atoms in total. The zero-order valence-electron chi connectivity index (χ0n) is 12.2. The fraction of sp³-hybridized carbons (Fsp3) is 0.0556. The van der Waals surface area contributed by atoms with E-state index in [1.807, 2.05) is 18.2 Å². The summed E-state index contributed by atoms with van der Waals surface area (Å²) in [6, 6.07) is 19.5. The molecule has 116 valence electrons. The van der Waals surface area contributed by atoms with E-state index in [4.69, 9.17) is 20.8 Å². The second kappa shape index (κ2) is 7.03. The number of amides is 1. The molecule has 3 rings (SSSR count). The minimum Gasteiger partial charge on any atom is -0.467 e. The SMILES string of the molecule is O=C(Oc1ccccc1)N(Cc1ccco1)c1ccc(Cl)cc1. The predicted octanol–water partition coefficient (Wildman–Crippen LogP) is 5.14. The van der Waals surface area contributed by atoms with Crippen molar-refractivity contribution in [2.75, 3.05) is 4.90 Å². The van der Waals surface area contributed by atoms with Gasteiger partial charge in [0.25, 0.3) is 0 Å². The topological polar surface area (TPSA) is 42.7 Å². The molecule has 0 saturated heterocycles. The first-order valence-electron chi connectivity index (χ1n) is 7.05. The third-order valence-electron chi connectivity index (χ3n) is 3.20. The molecule has 3 aromatic rings. The van der Waals surface area contributed by atoms with Gasteiger partial charge in [0, 0.05) is 10.7 Å². The number of anilines is 1. The number of para-hydroxylation sites is 1. The molecule has 0 atom stereocenters. The van der Waals surface area contributed by atoms with Gasteiger partial charge < -0.3 is 9.15 Å². The quantitative estimate of drug-likeness (QED) is 0.666. The van der Waals surface area contributed by atoms with Crippen LogP contribution in [0.4, 0.5) is 10.5 Å². The van der Waals surface area contributed by atoms with E-state index in [2.05, 4.69) is 0 Å². The summed E-state index contributed by atoms with van der Waals surface area (Å²) in [5.74, 6) is 1.14. The summed E-state index contributed by atoms with van der Waals surface area (Å²) in [5.41, 5.74) is 0.673. The van der Waals surface area contributed by atoms with Crippen molar-refractivity contribution in [2.24, 2.45) is 0 Å². The van der Waals surface area contributed by atoms with Crippen LogP contribution in [-0.4, -0.2) is 6.09 Å². The van der Waals surface area contributed by atoms with Gasteiger partial charge in [-0.05, 0) is 48.5 Å². The van der Waals surface area contributed by atoms with E-state index in [0.29, 0.717) is 22.2 Å². The Morgan fingerprint density at radius 2 is 1.74 bits per heavy atom. The van der Waals surface area contributed by atoms with Gasteiger partial charge in [-0.25, -0.2) is 4.79 Å². The third-order valence-corrected chi connectivity index (χ3v) is 3.45. The first-order valence-corrected chi connectivity index (χ1v) is 7.42. The van der Waals surface area contributed by atoms with E-state index in [1.165, 1.54) is 4.90 Å². The summed E-state index contributed by atoms with van der Waals surface area (Å²) < 4.78 is 10.8. The molecule has 0 N–H and O–H groups in total. The second-order valence-electron chi connectivity index (χ2n) is 4.82. The standard InChI is InChI=1S/C18H14ClNO3/c19-14-8-10-15(11-9-14)20(13-17-7-4-12-22-17)18(21)23-16-5-2-1-3-6-16/h1-12H,13H2. The van der Waals surface area contributed by atoms with Crippen LogP contribution in [0.2, 0.25) is 5.02 Å². The van der Waals surface area contributed by atoms with E-state index in [1.54, 1.807) is 54.8 Å². The van der Waals surface area contributed by atoms with Gasteiger partial charge >= 0.3 is 6.09 Å². The number of halogens is 1. The molecule has 0 aliphatic heterocycles. The van der Waals surface area contributed by atoms with Crippen molar-refractivity contribution in [2.45, 2.75) is 6.54 Å². The highest BCUT2D eigenvalue weighted by molar-refractivity contribution is 6.30. The highest BCUT2D eigenvalue weighted by Crippen LogP contribution is 2.22. The highest BCUT2D eigenvalue weighted by Gasteiger charge is 2.19. The van der Waals surface area contributed by atoms with Crippen molar-refractivity contribution in [3.63, 3.8) is 0 Å². The Morgan fingerprint density at radius 1 is 1.00 bits per heavy atom. The summed E-state index contributed by atoms with van der Waals surface area (Å²) >= 11 is 5.92. The molecule has 2 aromatic carbocycles. The number of carbonyl (C=O) groups is 1. The maximum absolute atomic E-state index is 12.6. The molecular formula is C18H14ClNO3. The average Bonchev–Trinajstić information content (AvgIpc) is 3.08. The zero-order chi connectivity index (χ0) is 16.1. The molecule has 1 amide bonds. The minimum atomic E-state index is -0.491. The van der Waals surface area contributed by atoms with Gasteiger partial charge in [0.05, 0.1) is 12.8 Å². The van der Waals surface area contributed by atoms with E-state index >= 15 is 0 Å². The molecule has 0 aliphatic carbocycles. The van der Waals surface area contributed by atoms with Crippen molar-refractivity contribution >= 4 is 23.4 Å². The molecule has 23 heavy (non-hydrogen) atoms. The molecule has 0 aliphatic rings. The lowest BCUT2D eigenvalue weighted by atomic mass is 10.3. The Balaban J connectivity index is 1.84. The number of hydrogen-bond donors (Lipinski definition) is 0. The molecule has 0 saturated carbocycles. The normalized spacial score (nSPS) is 10.3. The third kappa shape index (κ3) is 3.93. The maximum atomic E-state index is 12.6. The van der Waals surface area contributed by atoms with Crippen LogP contribution in [0.25, 0.3) is 0 Å². The predicted molar refractivity (Wildman–Crippen MR) is 88.8 cm³/mol. The summed E-state index contributed by atoms with van der Waals surface area (Å²) in [6.07, 6.45) is 1.08. The van der Waals surface area contributed by atoms with Crippen LogP contribution in [0.1, 0.15) is 5.76 Å². The molecule has 1 aromatic heterocycles. The average molecular weight is 328 g/mol. The molecule has 0 bridgehead atoms. The Hall–Kier alpha value is -2.72. The lowest BCUT2D eigenvalue weighted by Gasteiger charge is -2.21. The van der Waals surface area contributed by atoms with Gasteiger partial charge in [-0.15, -0.1) is 0 Å². The van der Waals surface area contributed by atoms with E-state index < -0.39 is 6.09 Å². The first-order chi connectivity index (χ1) is 11.2. The number of benzene rings is 2. The van der Waals surface area contributed by atoms with Gasteiger partial charge in [0.2, 0.25) is 0 Å². The fourth-order valence-corrected chi connectivity index (χ4v) is 2.21. The van der Waals surface area contributed by atoms with Crippen LogP contribution in [0.15, 0.2) is 77.4 Å². The van der Waals surface area contributed by atoms with Crippen LogP contribution < -0.4 is 9.64 Å². The van der Waals surface area contributed by atoms with E-state index in [9.17, 15) is 4.79 Å². The monoisotopic (exact) mass is 327 g/mol. The molecule has 1 heterocycles. The van der Waals surface area contributed by atoms with E-state index in [-0.39, 0.29) is 6.54 Å². The van der Waals surface area contributed by atoms with Crippen LogP contribution >= 0.6 is 11.6 Å². The van der Waals surface area contributed by atoms with Gasteiger partial charge in [-0.2, -0.15) is 0 Å². The van der Waals surface area contributed by atoms with E-state index in [0.717, 1.165) is 0 Å². The molecular weight excluding hydrogens is 314 g/mol. The number of hydrogen-bond acceptors (Lipinski definition) is 3. The Bertz CT molecular complexity index is 755. The van der Waals surface area contributed by atoms with Crippen LogP contribution in [-0.2, 0) is 6.54 Å². The largest absolute Gasteiger partial charge is 0.467 e. The van der Waals surface area contributed by atoms with Gasteiger partial charge in [-0.3, -0.25) is 4.90 Å². The van der Waals surface area contributed by atoms with Gasteiger partial charge in [0.15, 0.2) is 0 Å². The molecule has 0 unspecified atom stereocenters. The molecule has 5 heteroatoms. The summed E-state index contributed by atoms with van der Waals surface area (Å²) in [7, 11) is 0. The Kier molecular flexibility index (Phi) is 4.64. The molecule has 0 spiro atoms. The first kappa shape index (κ1) is 15.2. The van der Waals surface area contributed by atoms with Gasteiger partial charge in [-0.1, -0.05) is 29.8 Å². The van der Waals surface area contributed by atoms with Crippen LogP contribution in [0.5, 0.6) is 5.75 Å². The van der Waals surface area contributed by atoms with Crippen LogP contribution in [0.3, 0.4) is 0 Å². The minimum absolute atomic E-state index is 0.264. The zero-order valence-corrected chi connectivity index (χ0v) is 12.9. The number of rotatable bonds is 4. The smallest absolute Gasteiger partial charge is 0.420 e. The number of carbonyl (C=O) groups excluding carboxylic acids is 1. The summed E-state index contributed by atoms with van der Waals surface area (Å²) in [6.45, 7) is 0.264. The second-order valence-corrected chi connectivity index (χ2v) is 5.26. The number of nitrogens with zero attached hydrogens (tertiary/aromatic N) is 1. The maximum Gasteiger partial charge on any atom is 0.420 e. The van der Waals surface area contributed by atoms with Crippen molar-refractivity contribution in [3.05, 3.63) is 83.8 Å². The van der Waals surface area contributed by atoms with Crippen LogP contribution in [0, 0.1) is 0 Å². The fourth-order valence-electron chi connectivity index (χ4n) is 2.09.